The number of piperidine rings is 1. The summed E-state index contributed by atoms with van der Waals surface area (Å²) < 4.78 is 19.9. The Labute approximate surface area is 177 Å². The largest absolute Gasteiger partial charge is 0.487 e. The van der Waals surface area contributed by atoms with E-state index in [4.69, 9.17) is 4.74 Å². The van der Waals surface area contributed by atoms with E-state index in [1.165, 1.54) is 6.07 Å². The molecule has 162 valence electrons. The van der Waals surface area contributed by atoms with Gasteiger partial charge in [0.05, 0.1) is 5.60 Å². The van der Waals surface area contributed by atoms with Crippen LogP contribution in [0.1, 0.15) is 57.8 Å². The summed E-state index contributed by atoms with van der Waals surface area (Å²) in [5.74, 6) is 1.47. The summed E-state index contributed by atoms with van der Waals surface area (Å²) in [4.78, 5) is 15.4. The van der Waals surface area contributed by atoms with Crippen LogP contribution < -0.4 is 10.1 Å². The van der Waals surface area contributed by atoms with Gasteiger partial charge in [0.15, 0.2) is 11.6 Å². The van der Waals surface area contributed by atoms with E-state index in [2.05, 4.69) is 10.2 Å². The summed E-state index contributed by atoms with van der Waals surface area (Å²) in [5.41, 5.74) is -0.473. The number of nitrogens with one attached hydrogen (secondary N) is 1. The van der Waals surface area contributed by atoms with Crippen LogP contribution in [0.2, 0.25) is 0 Å². The summed E-state index contributed by atoms with van der Waals surface area (Å²) in [7, 11) is 0. The van der Waals surface area contributed by atoms with E-state index < -0.39 is 5.60 Å². The van der Waals surface area contributed by atoms with Crippen molar-refractivity contribution in [2.45, 2.75) is 87.6 Å². The second kappa shape index (κ2) is 6.84. The predicted octanol–water partition coefficient (Wildman–Crippen LogP) is 3.85. The van der Waals surface area contributed by atoms with Crippen LogP contribution in [0.3, 0.4) is 0 Å². The molecule has 7 rings (SSSR count). The predicted molar refractivity (Wildman–Crippen MR) is 110 cm³/mol. The smallest absolute Gasteiger partial charge is 0.318 e. The standard InChI is InChI=1S/C24H31FN2O3/c25-20-3-1-2-4-21(20)30-19-9-17-5-6-18(10-19)27(17)23(28)26-22-15-7-14-8-16(22)13-24(29,11-14)12-15/h1-4,14-19,22,29H,5-13H2,(H,26,28)/t14?,15?,16?,17-,18?,19?,22?,24?/m0/s1. The number of rotatable bonds is 3. The lowest BCUT2D eigenvalue weighted by molar-refractivity contribution is -0.137. The number of halogens is 1. The number of amides is 2. The highest BCUT2D eigenvalue weighted by atomic mass is 19.1. The second-order valence-electron chi connectivity index (χ2n) is 10.6. The fourth-order valence-corrected chi connectivity index (χ4v) is 7.71. The van der Waals surface area contributed by atoms with Crippen LogP contribution in [0.4, 0.5) is 9.18 Å². The van der Waals surface area contributed by atoms with Gasteiger partial charge in [-0.3, -0.25) is 0 Å². The van der Waals surface area contributed by atoms with E-state index in [-0.39, 0.29) is 36.1 Å². The minimum Gasteiger partial charge on any atom is -0.487 e. The number of carbonyl (C=O) groups excluding carboxylic acids is 1. The van der Waals surface area contributed by atoms with Gasteiger partial charge in [0.2, 0.25) is 0 Å². The average molecular weight is 415 g/mol. The molecule has 2 N–H and O–H groups in total. The molecule has 4 aliphatic carbocycles. The van der Waals surface area contributed by atoms with Gasteiger partial charge in [-0.25, -0.2) is 9.18 Å². The topological polar surface area (TPSA) is 61.8 Å². The van der Waals surface area contributed by atoms with Gasteiger partial charge in [0.25, 0.3) is 0 Å². The van der Waals surface area contributed by atoms with E-state index in [9.17, 15) is 14.3 Å². The minimum absolute atomic E-state index is 0.0427. The van der Waals surface area contributed by atoms with E-state index >= 15 is 0 Å². The highest BCUT2D eigenvalue weighted by Gasteiger charge is 2.55. The van der Waals surface area contributed by atoms with Gasteiger partial charge in [-0.2, -0.15) is 0 Å². The third-order valence-corrected chi connectivity index (χ3v) is 8.59. The number of benzene rings is 1. The van der Waals surface area contributed by atoms with Crippen molar-refractivity contribution in [3.63, 3.8) is 0 Å². The van der Waals surface area contributed by atoms with Crippen LogP contribution in [0.25, 0.3) is 0 Å². The normalized spacial score (nSPS) is 43.7. The van der Waals surface area contributed by atoms with Crippen LogP contribution in [0.5, 0.6) is 5.75 Å². The van der Waals surface area contributed by atoms with Crippen LogP contribution in [0, 0.1) is 23.6 Å². The second-order valence-corrected chi connectivity index (χ2v) is 10.6. The molecule has 1 aromatic carbocycles. The van der Waals surface area contributed by atoms with Gasteiger partial charge in [-0.1, -0.05) is 12.1 Å². The zero-order chi connectivity index (χ0) is 20.5. The summed E-state index contributed by atoms with van der Waals surface area (Å²) in [6.07, 6.45) is 8.41. The van der Waals surface area contributed by atoms with Crippen molar-refractivity contribution >= 4 is 6.03 Å². The Morgan fingerprint density at radius 2 is 1.73 bits per heavy atom. The molecule has 6 heteroatoms. The van der Waals surface area contributed by atoms with Gasteiger partial charge >= 0.3 is 6.03 Å². The van der Waals surface area contributed by atoms with E-state index in [1.807, 2.05) is 0 Å². The number of ether oxygens (including phenoxy) is 1. The summed E-state index contributed by atoms with van der Waals surface area (Å²) in [6, 6.07) is 7.17. The van der Waals surface area contributed by atoms with Gasteiger partial charge in [0, 0.05) is 31.0 Å². The molecule has 4 saturated carbocycles. The van der Waals surface area contributed by atoms with Crippen molar-refractivity contribution in [3.8, 4) is 5.75 Å². The van der Waals surface area contributed by atoms with Crippen molar-refractivity contribution in [1.82, 2.24) is 10.2 Å². The first-order valence-corrected chi connectivity index (χ1v) is 11.7. The monoisotopic (exact) mass is 414 g/mol. The molecule has 30 heavy (non-hydrogen) atoms. The molecule has 2 aliphatic heterocycles. The van der Waals surface area contributed by atoms with Crippen LogP contribution in [-0.2, 0) is 0 Å². The van der Waals surface area contributed by atoms with Crippen molar-refractivity contribution in [3.05, 3.63) is 30.1 Å². The van der Waals surface area contributed by atoms with Crippen molar-refractivity contribution in [2.24, 2.45) is 17.8 Å². The molecule has 0 radical (unpaired) electrons. The first kappa shape index (κ1) is 18.9. The molecule has 2 heterocycles. The fourth-order valence-electron chi connectivity index (χ4n) is 7.71. The molecule has 2 saturated heterocycles. The number of aliphatic hydroxyl groups is 1. The molecule has 6 bridgehead atoms. The third kappa shape index (κ3) is 3.10. The summed E-state index contributed by atoms with van der Waals surface area (Å²) in [5, 5.41) is 14.2. The van der Waals surface area contributed by atoms with Crippen molar-refractivity contribution in [2.75, 3.05) is 0 Å². The molecule has 6 aliphatic rings. The molecule has 4 unspecified atom stereocenters. The van der Waals surface area contributed by atoms with Crippen LogP contribution >= 0.6 is 0 Å². The van der Waals surface area contributed by atoms with Crippen molar-refractivity contribution < 1.29 is 19.0 Å². The number of urea groups is 1. The van der Waals surface area contributed by atoms with Crippen LogP contribution in [-0.4, -0.2) is 45.9 Å². The first-order chi connectivity index (χ1) is 14.5. The molecule has 5 nitrogen and oxygen atoms in total. The third-order valence-electron chi connectivity index (χ3n) is 8.59. The maximum atomic E-state index is 14.0. The molecule has 0 spiro atoms. The zero-order valence-corrected chi connectivity index (χ0v) is 17.3. The van der Waals surface area contributed by atoms with Crippen LogP contribution in [0.15, 0.2) is 24.3 Å². The zero-order valence-electron chi connectivity index (χ0n) is 17.3. The molecule has 6 fully saturated rings. The summed E-state index contributed by atoms with van der Waals surface area (Å²) in [6.45, 7) is 0. The highest BCUT2D eigenvalue weighted by Crippen LogP contribution is 2.55. The number of fused-ring (bicyclic) bond motifs is 2. The lowest BCUT2D eigenvalue weighted by Crippen LogP contribution is -2.64. The maximum Gasteiger partial charge on any atom is 0.318 e. The Morgan fingerprint density at radius 3 is 2.37 bits per heavy atom. The Kier molecular flexibility index (Phi) is 4.31. The van der Waals surface area contributed by atoms with E-state index in [0.29, 0.717) is 23.5 Å². The molecular weight excluding hydrogens is 383 g/mol. The highest BCUT2D eigenvalue weighted by molar-refractivity contribution is 5.76. The molecule has 1 aromatic rings. The van der Waals surface area contributed by atoms with Crippen molar-refractivity contribution in [1.29, 1.82) is 0 Å². The SMILES string of the molecule is O=C(NC1C2CC3CC1CC(O)(C3)C2)N1C2CC[C@H]1CC(Oc1ccccc1F)C2. The number of nitrogens with zero attached hydrogens (tertiary/aromatic N) is 1. The Balaban J connectivity index is 1.11. The molecule has 0 aromatic heterocycles. The Morgan fingerprint density at radius 1 is 1.07 bits per heavy atom. The van der Waals surface area contributed by atoms with Gasteiger partial charge in [-0.05, 0) is 74.8 Å². The van der Waals surface area contributed by atoms with Gasteiger partial charge in [-0.15, -0.1) is 0 Å². The lowest BCUT2D eigenvalue weighted by atomic mass is 9.52. The molecule has 2 amide bonds. The first-order valence-electron chi connectivity index (χ1n) is 11.7. The summed E-state index contributed by atoms with van der Waals surface area (Å²) >= 11 is 0. The lowest BCUT2D eigenvalue weighted by Gasteiger charge is -2.58. The number of carbonyl (C=O) groups is 1. The number of para-hydroxylation sites is 1. The molecule has 5 atom stereocenters. The van der Waals surface area contributed by atoms with Gasteiger partial charge < -0.3 is 20.1 Å². The van der Waals surface area contributed by atoms with E-state index in [1.54, 1.807) is 18.2 Å². The van der Waals surface area contributed by atoms with Gasteiger partial charge in [0.1, 0.15) is 6.10 Å². The average Bonchev–Trinajstić information content (AvgIpc) is 2.96. The Hall–Kier alpha value is -1.82. The molecular formula is C24H31FN2O3. The fraction of sp³-hybridized carbons (Fsp3) is 0.708. The van der Waals surface area contributed by atoms with E-state index in [0.717, 1.165) is 57.8 Å². The number of hydrogen-bond donors (Lipinski definition) is 2. The number of hydrogen-bond acceptors (Lipinski definition) is 3. The Bertz CT molecular complexity index is 817. The minimum atomic E-state index is -0.473. The maximum absolute atomic E-state index is 14.0. The quantitative estimate of drug-likeness (QED) is 0.790.